The van der Waals surface area contributed by atoms with Crippen molar-refractivity contribution in [2.24, 2.45) is 5.92 Å². The minimum Gasteiger partial charge on any atom is -0.481 e. The summed E-state index contributed by atoms with van der Waals surface area (Å²) >= 11 is 0. The third-order valence-electron chi connectivity index (χ3n) is 2.07. The highest BCUT2D eigenvalue weighted by Crippen LogP contribution is 2.33. The van der Waals surface area contributed by atoms with Gasteiger partial charge in [0, 0.05) is 0 Å². The summed E-state index contributed by atoms with van der Waals surface area (Å²) in [6, 6.07) is 0. The molecule has 0 amide bonds. The quantitative estimate of drug-likeness (QED) is 0.567. The van der Waals surface area contributed by atoms with Gasteiger partial charge in [-0.05, 0) is 26.2 Å². The molecule has 1 aliphatic carbocycles. The molecule has 0 aromatic heterocycles. The summed E-state index contributed by atoms with van der Waals surface area (Å²) in [6.07, 6.45) is 1.63. The van der Waals surface area contributed by atoms with E-state index in [4.69, 9.17) is 5.11 Å². The Morgan fingerprint density at radius 3 is 2.50 bits per heavy atom. The third kappa shape index (κ3) is 1.48. The lowest BCUT2D eigenvalue weighted by Gasteiger charge is -2.13. The molecule has 10 heavy (non-hydrogen) atoms. The van der Waals surface area contributed by atoms with Crippen molar-refractivity contribution in [1.29, 1.82) is 0 Å². The minimum absolute atomic E-state index is 0.324. The topological polar surface area (TPSA) is 57.5 Å². The van der Waals surface area contributed by atoms with Crippen LogP contribution in [-0.4, -0.2) is 21.8 Å². The van der Waals surface area contributed by atoms with Crippen LogP contribution in [0.4, 0.5) is 0 Å². The molecule has 0 aromatic rings. The Bertz CT molecular complexity index is 151. The number of carboxylic acids is 1. The van der Waals surface area contributed by atoms with E-state index in [1.54, 1.807) is 6.92 Å². The number of rotatable bonds is 1. The fourth-order valence-electron chi connectivity index (χ4n) is 1.43. The molecule has 0 heterocycles. The second-order valence-electron chi connectivity index (χ2n) is 3.27. The number of carboxylic acid groups (broad SMARTS) is 1. The molecule has 0 bridgehead atoms. The molecule has 0 aliphatic heterocycles. The van der Waals surface area contributed by atoms with Crippen molar-refractivity contribution in [3.05, 3.63) is 0 Å². The Hall–Kier alpha value is -0.570. The summed E-state index contributed by atoms with van der Waals surface area (Å²) < 4.78 is 0. The normalized spacial score (nSPS) is 40.0. The standard InChI is InChI=1S/C7H12O3/c1-7(10)3-2-5(4-7)6(8)9/h5,10H,2-4H2,1H3,(H,8,9). The largest absolute Gasteiger partial charge is 0.481 e. The van der Waals surface area contributed by atoms with Crippen LogP contribution in [0.15, 0.2) is 0 Å². The Labute approximate surface area is 59.7 Å². The molecule has 2 atom stereocenters. The minimum atomic E-state index is -0.780. The Morgan fingerprint density at radius 1 is 1.70 bits per heavy atom. The van der Waals surface area contributed by atoms with Gasteiger partial charge in [0.2, 0.25) is 0 Å². The smallest absolute Gasteiger partial charge is 0.306 e. The zero-order chi connectivity index (χ0) is 7.78. The van der Waals surface area contributed by atoms with E-state index >= 15 is 0 Å². The first-order chi connectivity index (χ1) is 4.51. The molecule has 1 fully saturated rings. The van der Waals surface area contributed by atoms with Gasteiger partial charge in [-0.2, -0.15) is 0 Å². The van der Waals surface area contributed by atoms with E-state index in [2.05, 4.69) is 0 Å². The molecule has 2 N–H and O–H groups in total. The molecule has 0 radical (unpaired) electrons. The van der Waals surface area contributed by atoms with Gasteiger partial charge < -0.3 is 10.2 Å². The zero-order valence-electron chi connectivity index (χ0n) is 6.00. The highest BCUT2D eigenvalue weighted by molar-refractivity contribution is 5.70. The van der Waals surface area contributed by atoms with Gasteiger partial charge in [-0.1, -0.05) is 0 Å². The summed E-state index contributed by atoms with van der Waals surface area (Å²) in [5.41, 5.74) is -0.733. The zero-order valence-corrected chi connectivity index (χ0v) is 6.00. The molecule has 3 nitrogen and oxygen atoms in total. The van der Waals surface area contributed by atoms with Gasteiger partial charge in [0.15, 0.2) is 0 Å². The summed E-state index contributed by atoms with van der Waals surface area (Å²) in [6.45, 7) is 1.69. The van der Waals surface area contributed by atoms with E-state index in [9.17, 15) is 9.90 Å². The highest BCUT2D eigenvalue weighted by Gasteiger charge is 2.36. The van der Waals surface area contributed by atoms with Gasteiger partial charge in [0.1, 0.15) is 0 Å². The Balaban J connectivity index is 2.51. The van der Waals surface area contributed by atoms with Crippen LogP contribution in [0.3, 0.4) is 0 Å². The second-order valence-corrected chi connectivity index (χ2v) is 3.27. The van der Waals surface area contributed by atoms with Crippen LogP contribution in [0.2, 0.25) is 0 Å². The monoisotopic (exact) mass is 144 g/mol. The molecule has 1 aliphatic rings. The van der Waals surface area contributed by atoms with Crippen molar-refractivity contribution in [3.8, 4) is 0 Å². The summed E-state index contributed by atoms with van der Waals surface area (Å²) in [4.78, 5) is 10.4. The number of hydrogen-bond donors (Lipinski definition) is 2. The van der Waals surface area contributed by atoms with Crippen molar-refractivity contribution in [2.75, 3.05) is 0 Å². The predicted octanol–water partition coefficient (Wildman–Crippen LogP) is 0.622. The van der Waals surface area contributed by atoms with Crippen LogP contribution >= 0.6 is 0 Å². The van der Waals surface area contributed by atoms with Crippen LogP contribution in [0.25, 0.3) is 0 Å². The molecule has 0 spiro atoms. The van der Waals surface area contributed by atoms with Gasteiger partial charge >= 0.3 is 5.97 Å². The molecular weight excluding hydrogens is 132 g/mol. The molecule has 58 valence electrons. The first kappa shape index (κ1) is 7.54. The van der Waals surface area contributed by atoms with Crippen LogP contribution in [-0.2, 0) is 4.79 Å². The fraction of sp³-hybridized carbons (Fsp3) is 0.857. The van der Waals surface area contributed by atoms with Crippen LogP contribution < -0.4 is 0 Å². The maximum Gasteiger partial charge on any atom is 0.306 e. The van der Waals surface area contributed by atoms with Crippen molar-refractivity contribution >= 4 is 5.97 Å². The van der Waals surface area contributed by atoms with Crippen LogP contribution in [0.1, 0.15) is 26.2 Å². The van der Waals surface area contributed by atoms with Crippen molar-refractivity contribution < 1.29 is 15.0 Å². The number of hydrogen-bond acceptors (Lipinski definition) is 2. The lowest BCUT2D eigenvalue weighted by molar-refractivity contribution is -0.142. The van der Waals surface area contributed by atoms with Gasteiger partial charge in [-0.15, -0.1) is 0 Å². The van der Waals surface area contributed by atoms with Crippen molar-refractivity contribution in [2.45, 2.75) is 31.8 Å². The molecule has 1 rings (SSSR count). The second kappa shape index (κ2) is 2.23. The maximum atomic E-state index is 10.4. The van der Waals surface area contributed by atoms with Crippen LogP contribution in [0, 0.1) is 5.92 Å². The lowest BCUT2D eigenvalue weighted by atomic mass is 10.0. The summed E-state index contributed by atoms with van der Waals surface area (Å²) in [5, 5.41) is 17.9. The SMILES string of the molecule is CC1(O)CCC(C(=O)O)C1. The van der Waals surface area contributed by atoms with E-state index in [1.165, 1.54) is 0 Å². The molecule has 0 saturated heterocycles. The average molecular weight is 144 g/mol. The van der Waals surface area contributed by atoms with E-state index in [0.717, 1.165) is 0 Å². The lowest BCUT2D eigenvalue weighted by Crippen LogP contribution is -2.20. The Morgan fingerprint density at radius 2 is 2.30 bits per heavy atom. The first-order valence-corrected chi connectivity index (χ1v) is 3.46. The van der Waals surface area contributed by atoms with Gasteiger partial charge in [0.25, 0.3) is 0 Å². The fourth-order valence-corrected chi connectivity index (χ4v) is 1.43. The molecule has 0 aromatic carbocycles. The van der Waals surface area contributed by atoms with Crippen molar-refractivity contribution in [3.63, 3.8) is 0 Å². The van der Waals surface area contributed by atoms with E-state index in [1.807, 2.05) is 0 Å². The number of carbonyl (C=O) groups is 1. The van der Waals surface area contributed by atoms with Gasteiger partial charge in [-0.3, -0.25) is 4.79 Å². The number of aliphatic carboxylic acids is 1. The van der Waals surface area contributed by atoms with E-state index < -0.39 is 11.6 Å². The predicted molar refractivity (Wildman–Crippen MR) is 35.6 cm³/mol. The molecule has 1 saturated carbocycles. The first-order valence-electron chi connectivity index (χ1n) is 3.46. The third-order valence-corrected chi connectivity index (χ3v) is 2.07. The van der Waals surface area contributed by atoms with E-state index in [-0.39, 0.29) is 5.92 Å². The number of aliphatic hydroxyl groups is 1. The Kier molecular flexibility index (Phi) is 1.68. The summed E-state index contributed by atoms with van der Waals surface area (Å²) in [5.74, 6) is -1.10. The average Bonchev–Trinajstić information content (AvgIpc) is 2.10. The molecular formula is C7H12O3. The van der Waals surface area contributed by atoms with E-state index in [0.29, 0.717) is 19.3 Å². The highest BCUT2D eigenvalue weighted by atomic mass is 16.4. The summed E-state index contributed by atoms with van der Waals surface area (Å²) in [7, 11) is 0. The van der Waals surface area contributed by atoms with Gasteiger partial charge in [0.05, 0.1) is 11.5 Å². The maximum absolute atomic E-state index is 10.4. The molecule has 2 unspecified atom stereocenters. The van der Waals surface area contributed by atoms with Gasteiger partial charge in [-0.25, -0.2) is 0 Å². The molecule has 3 heteroatoms. The van der Waals surface area contributed by atoms with Crippen LogP contribution in [0.5, 0.6) is 0 Å². The van der Waals surface area contributed by atoms with Crippen molar-refractivity contribution in [1.82, 2.24) is 0 Å².